The van der Waals surface area contributed by atoms with Crippen LogP contribution in [0.2, 0.25) is 0 Å². The van der Waals surface area contributed by atoms with Gasteiger partial charge in [0.15, 0.2) is 0 Å². The van der Waals surface area contributed by atoms with Gasteiger partial charge >= 0.3 is 0 Å². The molecule has 0 saturated carbocycles. The van der Waals surface area contributed by atoms with Crippen LogP contribution in [-0.4, -0.2) is 12.2 Å². The molecule has 1 aliphatic heterocycles. The van der Waals surface area contributed by atoms with Crippen molar-refractivity contribution >= 4 is 0 Å². The first-order chi connectivity index (χ1) is 6.88. The van der Waals surface area contributed by atoms with Gasteiger partial charge in [0.2, 0.25) is 0 Å². The number of unbranched alkanes of at least 4 members (excludes halogenated alkanes) is 5. The first kappa shape index (κ1) is 11.8. The average Bonchev–Trinajstić information content (AvgIpc) is 2.95. The van der Waals surface area contributed by atoms with Crippen molar-refractivity contribution in [2.24, 2.45) is 0 Å². The molecule has 0 radical (unpaired) electrons. The Morgan fingerprint density at radius 1 is 1.07 bits per heavy atom. The number of ether oxygens (including phenoxy) is 1. The zero-order valence-corrected chi connectivity index (χ0v) is 9.67. The van der Waals surface area contributed by atoms with E-state index in [0.717, 1.165) is 6.42 Å². The van der Waals surface area contributed by atoms with Crippen molar-refractivity contribution < 1.29 is 4.74 Å². The average molecular weight is 196 g/mol. The van der Waals surface area contributed by atoms with Crippen LogP contribution in [0.15, 0.2) is 12.2 Å². The molecule has 1 rings (SSSR count). The molecule has 1 saturated heterocycles. The molecule has 1 heteroatoms. The summed E-state index contributed by atoms with van der Waals surface area (Å²) in [7, 11) is 0. The Kier molecular flexibility index (Phi) is 5.93. The Hall–Kier alpha value is -0.300. The lowest BCUT2D eigenvalue weighted by Gasteiger charge is -1.95. The van der Waals surface area contributed by atoms with Crippen molar-refractivity contribution in [1.82, 2.24) is 0 Å². The molecule has 1 nitrogen and oxygen atoms in total. The van der Waals surface area contributed by atoms with Gasteiger partial charge in [-0.05, 0) is 19.3 Å². The molecule has 14 heavy (non-hydrogen) atoms. The fourth-order valence-electron chi connectivity index (χ4n) is 1.75. The summed E-state index contributed by atoms with van der Waals surface area (Å²) >= 11 is 0. The molecular weight excluding hydrogens is 172 g/mol. The highest BCUT2D eigenvalue weighted by Crippen LogP contribution is 2.26. The maximum atomic E-state index is 5.42. The third kappa shape index (κ3) is 4.80. The van der Waals surface area contributed by atoms with Crippen LogP contribution in [0.4, 0.5) is 0 Å². The fourth-order valence-corrected chi connectivity index (χ4v) is 1.75. The van der Waals surface area contributed by atoms with Crippen LogP contribution in [0.5, 0.6) is 0 Å². The lowest BCUT2D eigenvalue weighted by atomic mass is 10.1. The van der Waals surface area contributed by atoms with E-state index in [1.165, 1.54) is 38.5 Å². The highest BCUT2D eigenvalue weighted by Gasteiger charge is 2.33. The fraction of sp³-hybridized carbons (Fsp3) is 0.846. The third-order valence-corrected chi connectivity index (χ3v) is 2.82. The molecule has 2 atom stereocenters. The van der Waals surface area contributed by atoms with Gasteiger partial charge in [0.25, 0.3) is 0 Å². The van der Waals surface area contributed by atoms with Crippen molar-refractivity contribution in [2.75, 3.05) is 0 Å². The summed E-state index contributed by atoms with van der Waals surface area (Å²) in [5, 5.41) is 0. The second-order valence-electron chi connectivity index (χ2n) is 4.18. The van der Waals surface area contributed by atoms with E-state index in [0.29, 0.717) is 12.2 Å². The Balaban J connectivity index is 1.84. The van der Waals surface area contributed by atoms with Crippen LogP contribution in [0.1, 0.15) is 58.8 Å². The lowest BCUT2D eigenvalue weighted by molar-refractivity contribution is 0.384. The van der Waals surface area contributed by atoms with Crippen LogP contribution in [0.3, 0.4) is 0 Å². The summed E-state index contributed by atoms with van der Waals surface area (Å²) in [5.41, 5.74) is 0. The van der Waals surface area contributed by atoms with Gasteiger partial charge in [-0.25, -0.2) is 0 Å². The first-order valence-corrected chi connectivity index (χ1v) is 6.20. The Bertz CT molecular complexity index is 163. The molecule has 1 heterocycles. The molecule has 0 amide bonds. The van der Waals surface area contributed by atoms with Gasteiger partial charge in [0.1, 0.15) is 6.10 Å². The van der Waals surface area contributed by atoms with Gasteiger partial charge in [-0.3, -0.25) is 0 Å². The second-order valence-corrected chi connectivity index (χ2v) is 4.18. The minimum absolute atomic E-state index is 0.454. The summed E-state index contributed by atoms with van der Waals surface area (Å²) in [6, 6.07) is 0. The van der Waals surface area contributed by atoms with E-state index < -0.39 is 0 Å². The van der Waals surface area contributed by atoms with Gasteiger partial charge in [0, 0.05) is 0 Å². The monoisotopic (exact) mass is 196 g/mol. The van der Waals surface area contributed by atoms with E-state index in [9.17, 15) is 0 Å². The predicted octanol–water partition coefficient (Wildman–Crippen LogP) is 4.08. The number of rotatable bonds is 8. The summed E-state index contributed by atoms with van der Waals surface area (Å²) in [6.45, 7) is 4.44. The Morgan fingerprint density at radius 2 is 1.86 bits per heavy atom. The number of epoxide rings is 1. The zero-order chi connectivity index (χ0) is 10.2. The highest BCUT2D eigenvalue weighted by atomic mass is 16.6. The number of allylic oxidation sites excluding steroid dienone is 1. The van der Waals surface area contributed by atoms with Gasteiger partial charge in [-0.2, -0.15) is 0 Å². The van der Waals surface area contributed by atoms with E-state index >= 15 is 0 Å². The topological polar surface area (TPSA) is 12.5 Å². The van der Waals surface area contributed by atoms with E-state index in [-0.39, 0.29) is 0 Å². The zero-order valence-electron chi connectivity index (χ0n) is 9.67. The summed E-state index contributed by atoms with van der Waals surface area (Å²) in [4.78, 5) is 0. The van der Waals surface area contributed by atoms with Crippen LogP contribution in [0, 0.1) is 0 Å². The molecule has 0 aliphatic carbocycles. The maximum Gasteiger partial charge on any atom is 0.102 e. The van der Waals surface area contributed by atoms with Crippen molar-refractivity contribution in [3.8, 4) is 0 Å². The molecule has 0 aromatic carbocycles. The lowest BCUT2D eigenvalue weighted by Crippen LogP contribution is -1.86. The van der Waals surface area contributed by atoms with E-state index in [1.807, 2.05) is 0 Å². The minimum atomic E-state index is 0.454. The van der Waals surface area contributed by atoms with Crippen LogP contribution < -0.4 is 0 Å². The van der Waals surface area contributed by atoms with Crippen LogP contribution in [-0.2, 0) is 4.74 Å². The minimum Gasteiger partial charge on any atom is -0.365 e. The van der Waals surface area contributed by atoms with Crippen molar-refractivity contribution in [3.05, 3.63) is 12.2 Å². The second kappa shape index (κ2) is 7.05. The predicted molar refractivity (Wildman–Crippen MR) is 61.5 cm³/mol. The largest absolute Gasteiger partial charge is 0.365 e. The van der Waals surface area contributed by atoms with E-state index in [1.54, 1.807) is 0 Å². The summed E-state index contributed by atoms with van der Waals surface area (Å²) in [5.74, 6) is 0. The van der Waals surface area contributed by atoms with E-state index in [4.69, 9.17) is 4.74 Å². The molecule has 82 valence electrons. The van der Waals surface area contributed by atoms with Crippen molar-refractivity contribution in [3.63, 3.8) is 0 Å². The molecule has 0 N–H and O–H groups in total. The molecular formula is C13H24O. The highest BCUT2D eigenvalue weighted by molar-refractivity contribution is 5.01. The van der Waals surface area contributed by atoms with E-state index in [2.05, 4.69) is 26.0 Å². The number of hydrogen-bond donors (Lipinski definition) is 0. The molecule has 0 unspecified atom stereocenters. The molecule has 1 aliphatic rings. The Labute approximate surface area is 88.5 Å². The van der Waals surface area contributed by atoms with Gasteiger partial charge < -0.3 is 4.74 Å². The van der Waals surface area contributed by atoms with Gasteiger partial charge in [-0.1, -0.05) is 51.7 Å². The molecule has 0 bridgehead atoms. The molecule has 0 aromatic heterocycles. The maximum absolute atomic E-state index is 5.42. The number of hydrogen-bond acceptors (Lipinski definition) is 1. The van der Waals surface area contributed by atoms with Gasteiger partial charge in [0.05, 0.1) is 6.10 Å². The van der Waals surface area contributed by atoms with Crippen molar-refractivity contribution in [2.45, 2.75) is 71.0 Å². The summed E-state index contributed by atoms with van der Waals surface area (Å²) in [6.07, 6.45) is 14.8. The van der Waals surface area contributed by atoms with Gasteiger partial charge in [-0.15, -0.1) is 0 Å². The molecule has 1 fully saturated rings. The van der Waals surface area contributed by atoms with Crippen LogP contribution >= 0.6 is 0 Å². The normalized spacial score (nSPS) is 25.9. The standard InChI is InChI=1S/C13H24O/c1-3-5-6-7-8-9-10-11-13-12(4-2)14-13/h10-13H,3-9H2,1-2H3/b11-10+/t12-,13-/m0/s1. The van der Waals surface area contributed by atoms with Crippen LogP contribution in [0.25, 0.3) is 0 Å². The van der Waals surface area contributed by atoms with Crippen molar-refractivity contribution in [1.29, 1.82) is 0 Å². The first-order valence-electron chi connectivity index (χ1n) is 6.20. The Morgan fingerprint density at radius 3 is 2.50 bits per heavy atom. The SMILES string of the molecule is CCCCCCC/C=C/[C@@H]1O[C@H]1CC. The molecule has 0 spiro atoms. The smallest absolute Gasteiger partial charge is 0.102 e. The molecule has 0 aromatic rings. The third-order valence-electron chi connectivity index (χ3n) is 2.82. The summed E-state index contributed by atoms with van der Waals surface area (Å²) < 4.78 is 5.42. The quantitative estimate of drug-likeness (QED) is 0.324.